The summed E-state index contributed by atoms with van der Waals surface area (Å²) < 4.78 is 38.3. The molecule has 0 saturated heterocycles. The molecule has 0 fully saturated rings. The van der Waals surface area contributed by atoms with Crippen LogP contribution in [-0.2, 0) is 11.7 Å². The zero-order valence-electron chi connectivity index (χ0n) is 10.2. The maximum atomic E-state index is 13.1. The van der Waals surface area contributed by atoms with Crippen LogP contribution in [0.5, 0.6) is 0 Å². The number of alkyl halides is 3. The van der Waals surface area contributed by atoms with Crippen LogP contribution in [0.25, 0.3) is 0 Å². The SMILES string of the molecule is FCC(F)(F)c1ccc(SCc2ccccc2)cc1. The van der Waals surface area contributed by atoms with E-state index in [0.29, 0.717) is 0 Å². The molecule has 0 amide bonds. The lowest BCUT2D eigenvalue weighted by Gasteiger charge is -2.12. The van der Waals surface area contributed by atoms with Crippen molar-refractivity contribution in [3.8, 4) is 0 Å². The lowest BCUT2D eigenvalue weighted by molar-refractivity contribution is -0.0281. The number of halogens is 3. The van der Waals surface area contributed by atoms with Gasteiger partial charge >= 0.3 is 5.92 Å². The highest BCUT2D eigenvalue weighted by Crippen LogP contribution is 2.30. The molecule has 4 heteroatoms. The lowest BCUT2D eigenvalue weighted by atomic mass is 10.1. The highest BCUT2D eigenvalue weighted by molar-refractivity contribution is 7.98. The third-order valence-corrected chi connectivity index (χ3v) is 3.78. The lowest BCUT2D eigenvalue weighted by Crippen LogP contribution is -2.15. The summed E-state index contributed by atoms with van der Waals surface area (Å²) in [5.74, 6) is -2.61. The monoisotopic (exact) mass is 282 g/mol. The van der Waals surface area contributed by atoms with Gasteiger partial charge in [0.25, 0.3) is 0 Å². The van der Waals surface area contributed by atoms with Crippen molar-refractivity contribution in [2.45, 2.75) is 16.6 Å². The number of thioether (sulfide) groups is 1. The molecule has 0 spiro atoms. The number of benzene rings is 2. The van der Waals surface area contributed by atoms with Crippen molar-refractivity contribution in [1.29, 1.82) is 0 Å². The average Bonchev–Trinajstić information content (AvgIpc) is 2.47. The van der Waals surface area contributed by atoms with Crippen molar-refractivity contribution in [2.75, 3.05) is 6.67 Å². The Morgan fingerprint density at radius 1 is 0.895 bits per heavy atom. The van der Waals surface area contributed by atoms with Crippen molar-refractivity contribution < 1.29 is 13.2 Å². The Kier molecular flexibility index (Phi) is 4.53. The smallest absolute Gasteiger partial charge is 0.244 e. The second-order valence-electron chi connectivity index (χ2n) is 4.14. The molecule has 0 radical (unpaired) electrons. The third-order valence-electron chi connectivity index (χ3n) is 2.69. The molecule has 0 atom stereocenters. The first kappa shape index (κ1) is 14.0. The molecule has 0 saturated carbocycles. The van der Waals surface area contributed by atoms with Crippen molar-refractivity contribution in [1.82, 2.24) is 0 Å². The van der Waals surface area contributed by atoms with Crippen molar-refractivity contribution in [3.05, 3.63) is 65.7 Å². The molecule has 2 rings (SSSR count). The molecule has 100 valence electrons. The van der Waals surface area contributed by atoms with Gasteiger partial charge in [0, 0.05) is 16.2 Å². The van der Waals surface area contributed by atoms with Gasteiger partial charge in [-0.15, -0.1) is 11.8 Å². The van der Waals surface area contributed by atoms with E-state index in [-0.39, 0.29) is 5.56 Å². The van der Waals surface area contributed by atoms with Gasteiger partial charge in [-0.2, -0.15) is 8.78 Å². The van der Waals surface area contributed by atoms with E-state index in [1.807, 2.05) is 30.3 Å². The molecule has 0 aromatic heterocycles. The van der Waals surface area contributed by atoms with Crippen molar-refractivity contribution in [3.63, 3.8) is 0 Å². The minimum absolute atomic E-state index is 0.279. The zero-order valence-corrected chi connectivity index (χ0v) is 11.0. The molecule has 0 N–H and O–H groups in total. The quantitative estimate of drug-likeness (QED) is 0.692. The van der Waals surface area contributed by atoms with Gasteiger partial charge in [0.1, 0.15) is 0 Å². The van der Waals surface area contributed by atoms with E-state index < -0.39 is 12.6 Å². The largest absolute Gasteiger partial charge is 0.301 e. The Bertz CT molecular complexity index is 509. The minimum atomic E-state index is -3.39. The van der Waals surface area contributed by atoms with Crippen LogP contribution in [0, 0.1) is 0 Å². The molecule has 0 heterocycles. The van der Waals surface area contributed by atoms with E-state index in [1.54, 1.807) is 23.9 Å². The van der Waals surface area contributed by atoms with Gasteiger partial charge in [-0.3, -0.25) is 0 Å². The summed E-state index contributed by atoms with van der Waals surface area (Å²) in [7, 11) is 0. The van der Waals surface area contributed by atoms with Crippen LogP contribution in [0.2, 0.25) is 0 Å². The fourth-order valence-corrected chi connectivity index (χ4v) is 2.47. The molecule has 0 aliphatic heterocycles. The van der Waals surface area contributed by atoms with Gasteiger partial charge in [-0.25, -0.2) is 4.39 Å². The Hall–Kier alpha value is -1.42. The first-order valence-electron chi connectivity index (χ1n) is 5.83. The van der Waals surface area contributed by atoms with E-state index in [1.165, 1.54) is 17.7 Å². The first-order chi connectivity index (χ1) is 9.12. The highest BCUT2D eigenvalue weighted by atomic mass is 32.2. The predicted octanol–water partition coefficient (Wildman–Crippen LogP) is 5.04. The maximum absolute atomic E-state index is 13.1. The van der Waals surface area contributed by atoms with Gasteiger partial charge in [0.05, 0.1) is 0 Å². The Labute approximate surface area is 114 Å². The number of hydrogen-bond donors (Lipinski definition) is 0. The Balaban J connectivity index is 2.00. The van der Waals surface area contributed by atoms with Crippen LogP contribution in [0.4, 0.5) is 13.2 Å². The summed E-state index contributed by atoms with van der Waals surface area (Å²) in [6, 6.07) is 15.7. The van der Waals surface area contributed by atoms with Gasteiger partial charge < -0.3 is 0 Å². The van der Waals surface area contributed by atoms with Gasteiger partial charge in [-0.05, 0) is 17.7 Å². The normalized spacial score (nSPS) is 11.5. The Morgan fingerprint density at radius 2 is 1.53 bits per heavy atom. The van der Waals surface area contributed by atoms with Crippen LogP contribution in [0.3, 0.4) is 0 Å². The van der Waals surface area contributed by atoms with Crippen molar-refractivity contribution >= 4 is 11.8 Å². The van der Waals surface area contributed by atoms with Crippen LogP contribution in [0.1, 0.15) is 11.1 Å². The summed E-state index contributed by atoms with van der Waals surface area (Å²) in [5, 5.41) is 0. The van der Waals surface area contributed by atoms with E-state index in [4.69, 9.17) is 0 Å². The van der Waals surface area contributed by atoms with E-state index in [9.17, 15) is 13.2 Å². The number of hydrogen-bond acceptors (Lipinski definition) is 1. The molecule has 0 aliphatic carbocycles. The Morgan fingerprint density at radius 3 is 2.11 bits per heavy atom. The summed E-state index contributed by atoms with van der Waals surface area (Å²) in [5.41, 5.74) is 0.893. The van der Waals surface area contributed by atoms with Crippen molar-refractivity contribution in [2.24, 2.45) is 0 Å². The predicted molar refractivity (Wildman–Crippen MR) is 72.3 cm³/mol. The fourth-order valence-electron chi connectivity index (χ4n) is 1.61. The van der Waals surface area contributed by atoms with E-state index in [0.717, 1.165) is 10.6 Å². The first-order valence-corrected chi connectivity index (χ1v) is 6.81. The zero-order chi connectivity index (χ0) is 13.7. The van der Waals surface area contributed by atoms with E-state index >= 15 is 0 Å². The molecule has 0 bridgehead atoms. The molecule has 2 aromatic carbocycles. The summed E-state index contributed by atoms with van der Waals surface area (Å²) in [4.78, 5) is 0.891. The molecule has 2 aromatic rings. The molecule has 19 heavy (non-hydrogen) atoms. The molecular formula is C15H13F3S. The highest BCUT2D eigenvalue weighted by Gasteiger charge is 2.31. The van der Waals surface area contributed by atoms with Crippen LogP contribution in [-0.4, -0.2) is 6.67 Å². The summed E-state index contributed by atoms with van der Waals surface area (Å²) >= 11 is 1.56. The molecule has 0 aliphatic rings. The second kappa shape index (κ2) is 6.15. The standard InChI is InChI=1S/C15H13F3S/c16-11-15(17,18)13-6-8-14(9-7-13)19-10-12-4-2-1-3-5-12/h1-9H,10-11H2. The third kappa shape index (κ3) is 3.77. The van der Waals surface area contributed by atoms with Gasteiger partial charge in [0.15, 0.2) is 6.67 Å². The summed E-state index contributed by atoms with van der Waals surface area (Å²) in [6.07, 6.45) is 0. The minimum Gasteiger partial charge on any atom is -0.244 e. The molecule has 0 nitrogen and oxygen atoms in total. The topological polar surface area (TPSA) is 0 Å². The molecule has 0 unspecified atom stereocenters. The molecular weight excluding hydrogens is 269 g/mol. The summed E-state index contributed by atoms with van der Waals surface area (Å²) in [6.45, 7) is -1.66. The van der Waals surface area contributed by atoms with Gasteiger partial charge in [0.2, 0.25) is 0 Å². The van der Waals surface area contributed by atoms with Crippen LogP contribution in [0.15, 0.2) is 59.5 Å². The average molecular weight is 282 g/mol. The van der Waals surface area contributed by atoms with E-state index in [2.05, 4.69) is 0 Å². The fraction of sp³-hybridized carbons (Fsp3) is 0.200. The van der Waals surface area contributed by atoms with Crippen LogP contribution < -0.4 is 0 Å². The maximum Gasteiger partial charge on any atom is 0.301 e. The second-order valence-corrected chi connectivity index (χ2v) is 5.19. The van der Waals surface area contributed by atoms with Crippen LogP contribution >= 0.6 is 11.8 Å². The van der Waals surface area contributed by atoms with Gasteiger partial charge in [-0.1, -0.05) is 42.5 Å². The number of rotatable bonds is 5.